The average Bonchev–Trinajstić information content (AvgIpc) is 2.63. The molecule has 0 spiro atoms. The van der Waals surface area contributed by atoms with Gasteiger partial charge in [0.25, 0.3) is 5.91 Å². The standard InChI is InChI=1S/C11H16N2O3S/c1-3-4-8(5-9(14)15)13-11(16)10-7(2)12-6-17-10/h6,8H,3-5H2,1-2H3,(H,13,16)(H,14,15). The molecule has 0 aromatic carbocycles. The van der Waals surface area contributed by atoms with Gasteiger partial charge in [0.2, 0.25) is 0 Å². The van der Waals surface area contributed by atoms with E-state index in [0.29, 0.717) is 17.0 Å². The SMILES string of the molecule is CCCC(CC(=O)O)NC(=O)c1scnc1C. The molecule has 5 nitrogen and oxygen atoms in total. The van der Waals surface area contributed by atoms with Crippen LogP contribution in [0.25, 0.3) is 0 Å². The highest BCUT2D eigenvalue weighted by atomic mass is 32.1. The topological polar surface area (TPSA) is 79.3 Å². The third kappa shape index (κ3) is 4.14. The van der Waals surface area contributed by atoms with Crippen LogP contribution in [0.4, 0.5) is 0 Å². The van der Waals surface area contributed by atoms with Gasteiger partial charge in [-0.2, -0.15) is 0 Å². The number of carbonyl (C=O) groups is 2. The number of thiazole rings is 1. The molecule has 1 aromatic heterocycles. The summed E-state index contributed by atoms with van der Waals surface area (Å²) in [4.78, 5) is 27.1. The smallest absolute Gasteiger partial charge is 0.305 e. The average molecular weight is 256 g/mol. The third-order valence-electron chi connectivity index (χ3n) is 2.35. The first-order valence-electron chi connectivity index (χ1n) is 5.47. The number of hydrogen-bond acceptors (Lipinski definition) is 4. The van der Waals surface area contributed by atoms with E-state index in [0.717, 1.165) is 6.42 Å². The lowest BCUT2D eigenvalue weighted by molar-refractivity contribution is -0.137. The van der Waals surface area contributed by atoms with Gasteiger partial charge in [-0.15, -0.1) is 11.3 Å². The number of rotatable bonds is 6. The van der Waals surface area contributed by atoms with Gasteiger partial charge in [-0.3, -0.25) is 9.59 Å². The van der Waals surface area contributed by atoms with Gasteiger partial charge in [0, 0.05) is 6.04 Å². The van der Waals surface area contributed by atoms with Crippen molar-refractivity contribution in [3.8, 4) is 0 Å². The summed E-state index contributed by atoms with van der Waals surface area (Å²) in [6.45, 7) is 3.72. The maximum absolute atomic E-state index is 11.9. The molecule has 1 atom stereocenters. The molecule has 0 aliphatic heterocycles. The number of nitrogens with one attached hydrogen (secondary N) is 1. The zero-order valence-corrected chi connectivity index (χ0v) is 10.7. The molecule has 1 heterocycles. The molecule has 6 heteroatoms. The maximum atomic E-state index is 11.9. The Bertz CT molecular complexity index is 403. The van der Waals surface area contributed by atoms with Crippen molar-refractivity contribution in [1.29, 1.82) is 0 Å². The van der Waals surface area contributed by atoms with E-state index < -0.39 is 5.97 Å². The molecule has 0 aliphatic carbocycles. The zero-order valence-electron chi connectivity index (χ0n) is 9.90. The summed E-state index contributed by atoms with van der Waals surface area (Å²) in [6.07, 6.45) is 1.45. The van der Waals surface area contributed by atoms with Gasteiger partial charge in [0.05, 0.1) is 17.6 Å². The van der Waals surface area contributed by atoms with Gasteiger partial charge in [-0.05, 0) is 13.3 Å². The van der Waals surface area contributed by atoms with E-state index in [9.17, 15) is 9.59 Å². The van der Waals surface area contributed by atoms with Crippen LogP contribution in [0.1, 0.15) is 41.6 Å². The van der Waals surface area contributed by atoms with E-state index in [1.807, 2.05) is 6.92 Å². The zero-order chi connectivity index (χ0) is 12.8. The number of aryl methyl sites for hydroxylation is 1. The van der Waals surface area contributed by atoms with Crippen LogP contribution < -0.4 is 5.32 Å². The Balaban J connectivity index is 2.64. The van der Waals surface area contributed by atoms with Gasteiger partial charge < -0.3 is 10.4 Å². The normalized spacial score (nSPS) is 12.1. The number of carboxylic acids is 1. The predicted molar refractivity (Wildman–Crippen MR) is 65.3 cm³/mol. The maximum Gasteiger partial charge on any atom is 0.305 e. The van der Waals surface area contributed by atoms with Crippen molar-refractivity contribution in [2.24, 2.45) is 0 Å². The van der Waals surface area contributed by atoms with Crippen LogP contribution in [-0.2, 0) is 4.79 Å². The summed E-state index contributed by atoms with van der Waals surface area (Å²) in [6, 6.07) is -0.313. The lowest BCUT2D eigenvalue weighted by Gasteiger charge is -2.15. The molecule has 0 radical (unpaired) electrons. The summed E-state index contributed by atoms with van der Waals surface area (Å²) in [5, 5.41) is 11.5. The monoisotopic (exact) mass is 256 g/mol. The van der Waals surface area contributed by atoms with Gasteiger partial charge in [-0.25, -0.2) is 4.98 Å². The molecule has 0 fully saturated rings. The first kappa shape index (κ1) is 13.6. The highest BCUT2D eigenvalue weighted by molar-refractivity contribution is 7.11. The minimum Gasteiger partial charge on any atom is -0.481 e. The molecule has 1 amide bonds. The molecule has 17 heavy (non-hydrogen) atoms. The van der Waals surface area contributed by atoms with Crippen LogP contribution in [0.2, 0.25) is 0 Å². The molecule has 0 aliphatic rings. The van der Waals surface area contributed by atoms with Crippen LogP contribution >= 0.6 is 11.3 Å². The first-order valence-corrected chi connectivity index (χ1v) is 6.35. The Hall–Kier alpha value is -1.43. The number of aromatic nitrogens is 1. The second-order valence-corrected chi connectivity index (χ2v) is 4.68. The Labute approximate surface area is 104 Å². The number of aliphatic carboxylic acids is 1. The van der Waals surface area contributed by atoms with E-state index in [-0.39, 0.29) is 18.4 Å². The van der Waals surface area contributed by atoms with Gasteiger partial charge in [-0.1, -0.05) is 13.3 Å². The summed E-state index contributed by atoms with van der Waals surface area (Å²) in [5.74, 6) is -1.13. The van der Waals surface area contributed by atoms with Crippen LogP contribution in [0, 0.1) is 6.92 Å². The number of carboxylic acid groups (broad SMARTS) is 1. The highest BCUT2D eigenvalue weighted by Gasteiger charge is 2.18. The molecule has 1 unspecified atom stereocenters. The molecular weight excluding hydrogens is 240 g/mol. The van der Waals surface area contributed by atoms with Gasteiger partial charge in [0.1, 0.15) is 4.88 Å². The second kappa shape index (κ2) is 6.34. The molecule has 1 rings (SSSR count). The van der Waals surface area contributed by atoms with E-state index in [2.05, 4.69) is 10.3 Å². The fourth-order valence-corrected chi connectivity index (χ4v) is 2.26. The van der Waals surface area contributed by atoms with Crippen molar-refractivity contribution in [3.05, 3.63) is 16.1 Å². The minimum absolute atomic E-state index is 0.0442. The molecule has 0 saturated carbocycles. The Morgan fingerprint density at radius 1 is 1.59 bits per heavy atom. The summed E-state index contributed by atoms with van der Waals surface area (Å²) < 4.78 is 0. The van der Waals surface area contributed by atoms with Crippen molar-refractivity contribution in [3.63, 3.8) is 0 Å². The molecule has 0 bridgehead atoms. The molecule has 94 valence electrons. The predicted octanol–water partition coefficient (Wildman–Crippen LogP) is 1.82. The van der Waals surface area contributed by atoms with E-state index in [1.54, 1.807) is 12.4 Å². The first-order chi connectivity index (χ1) is 8.04. The lowest BCUT2D eigenvalue weighted by Crippen LogP contribution is -2.36. The number of nitrogens with zero attached hydrogens (tertiary/aromatic N) is 1. The fourth-order valence-electron chi connectivity index (χ4n) is 1.56. The van der Waals surface area contributed by atoms with Gasteiger partial charge in [0.15, 0.2) is 0 Å². The summed E-state index contributed by atoms with van der Waals surface area (Å²) >= 11 is 1.27. The fraction of sp³-hybridized carbons (Fsp3) is 0.545. The van der Waals surface area contributed by atoms with E-state index in [1.165, 1.54) is 11.3 Å². The number of hydrogen-bond donors (Lipinski definition) is 2. The number of amides is 1. The molecule has 1 aromatic rings. The van der Waals surface area contributed by atoms with Crippen molar-refractivity contribution < 1.29 is 14.7 Å². The Morgan fingerprint density at radius 2 is 2.29 bits per heavy atom. The van der Waals surface area contributed by atoms with Crippen LogP contribution in [-0.4, -0.2) is 28.0 Å². The van der Waals surface area contributed by atoms with E-state index in [4.69, 9.17) is 5.11 Å². The minimum atomic E-state index is -0.898. The molecular formula is C11H16N2O3S. The van der Waals surface area contributed by atoms with Crippen LogP contribution in [0.5, 0.6) is 0 Å². The summed E-state index contributed by atoms with van der Waals surface area (Å²) in [7, 11) is 0. The molecule has 2 N–H and O–H groups in total. The highest BCUT2D eigenvalue weighted by Crippen LogP contribution is 2.13. The quantitative estimate of drug-likeness (QED) is 0.813. The summed E-state index contributed by atoms with van der Waals surface area (Å²) in [5.41, 5.74) is 2.29. The third-order valence-corrected chi connectivity index (χ3v) is 3.27. The van der Waals surface area contributed by atoms with Gasteiger partial charge >= 0.3 is 5.97 Å². The largest absolute Gasteiger partial charge is 0.481 e. The lowest BCUT2D eigenvalue weighted by atomic mass is 10.1. The second-order valence-electron chi connectivity index (χ2n) is 3.82. The van der Waals surface area contributed by atoms with Crippen LogP contribution in [0.15, 0.2) is 5.51 Å². The Kier molecular flexibility index (Phi) is 5.09. The van der Waals surface area contributed by atoms with Crippen molar-refractivity contribution in [2.75, 3.05) is 0 Å². The molecule has 0 saturated heterocycles. The van der Waals surface area contributed by atoms with Crippen molar-refractivity contribution in [2.45, 2.75) is 39.2 Å². The van der Waals surface area contributed by atoms with Crippen LogP contribution in [0.3, 0.4) is 0 Å². The van der Waals surface area contributed by atoms with Crippen molar-refractivity contribution >= 4 is 23.2 Å². The Morgan fingerprint density at radius 3 is 2.76 bits per heavy atom. The number of carbonyl (C=O) groups excluding carboxylic acids is 1. The van der Waals surface area contributed by atoms with E-state index >= 15 is 0 Å². The van der Waals surface area contributed by atoms with Crippen molar-refractivity contribution in [1.82, 2.24) is 10.3 Å².